The largest absolute Gasteiger partial charge is 0.344 e. The van der Waals surface area contributed by atoms with Crippen LogP contribution in [0.3, 0.4) is 0 Å². The molecule has 4 rings (SSSR count). The molecule has 0 spiro atoms. The zero-order valence-electron chi connectivity index (χ0n) is 19.7. The van der Waals surface area contributed by atoms with Gasteiger partial charge in [-0.2, -0.15) is 0 Å². The van der Waals surface area contributed by atoms with Crippen LogP contribution in [0.15, 0.2) is 36.7 Å². The summed E-state index contributed by atoms with van der Waals surface area (Å²) in [5, 5.41) is 3.33. The lowest BCUT2D eigenvalue weighted by Gasteiger charge is -2.36. The molecule has 3 N–H and O–H groups in total. The number of nitrogens with one attached hydrogen (secondary N) is 3. The van der Waals surface area contributed by atoms with E-state index in [1.807, 2.05) is 52.0 Å². The van der Waals surface area contributed by atoms with Gasteiger partial charge in [0.1, 0.15) is 5.52 Å². The van der Waals surface area contributed by atoms with Crippen molar-refractivity contribution in [2.75, 3.05) is 19.3 Å². The maximum Gasteiger partial charge on any atom is 0.209 e. The minimum Gasteiger partial charge on any atom is -0.344 e. The van der Waals surface area contributed by atoms with E-state index in [1.165, 1.54) is 6.26 Å². The Hall–Kier alpha value is -2.62. The van der Waals surface area contributed by atoms with Crippen molar-refractivity contribution in [3.8, 4) is 11.3 Å². The highest BCUT2D eigenvalue weighted by Gasteiger charge is 2.40. The molecule has 2 unspecified atom stereocenters. The van der Waals surface area contributed by atoms with Crippen molar-refractivity contribution < 1.29 is 13.2 Å². The molecule has 8 nitrogen and oxygen atoms in total. The zero-order chi connectivity index (χ0) is 24.0. The first kappa shape index (κ1) is 23.5. The summed E-state index contributed by atoms with van der Waals surface area (Å²) in [5.74, 6) is 0.101. The van der Waals surface area contributed by atoms with Crippen LogP contribution >= 0.6 is 0 Å². The average molecular weight is 470 g/mol. The molecule has 1 aliphatic rings. The molecule has 3 aromatic rings. The minimum absolute atomic E-state index is 0.00684. The van der Waals surface area contributed by atoms with Gasteiger partial charge >= 0.3 is 0 Å². The van der Waals surface area contributed by atoms with E-state index >= 15 is 0 Å². The van der Waals surface area contributed by atoms with Crippen LogP contribution in [-0.4, -0.2) is 48.5 Å². The normalized spacial score (nSPS) is 19.0. The summed E-state index contributed by atoms with van der Waals surface area (Å²) in [7, 11) is -3.44. The SMILES string of the molecule is CC(C)(C)C(=O)c1c[nH]c2ncc(-c3cccc(C(C)(NS(C)(=O)=O)C4CCNC4)c3)nc12. The second-order valence-electron chi connectivity index (χ2n) is 10.1. The summed E-state index contributed by atoms with van der Waals surface area (Å²) < 4.78 is 27.4. The van der Waals surface area contributed by atoms with Gasteiger partial charge in [0.2, 0.25) is 10.0 Å². The van der Waals surface area contributed by atoms with Crippen LogP contribution in [0.2, 0.25) is 0 Å². The summed E-state index contributed by atoms with van der Waals surface area (Å²) in [6.07, 6.45) is 5.40. The van der Waals surface area contributed by atoms with Crippen LogP contribution in [0.25, 0.3) is 22.4 Å². The van der Waals surface area contributed by atoms with Crippen LogP contribution in [0, 0.1) is 11.3 Å². The molecule has 9 heteroatoms. The second kappa shape index (κ2) is 8.30. The Kier molecular flexibility index (Phi) is 5.92. The molecule has 1 aromatic carbocycles. The molecule has 1 saturated heterocycles. The van der Waals surface area contributed by atoms with Crippen LogP contribution in [-0.2, 0) is 15.6 Å². The Labute approximate surface area is 194 Å². The summed E-state index contributed by atoms with van der Waals surface area (Å²) in [5.41, 5.74) is 2.60. The molecule has 0 radical (unpaired) electrons. The Balaban J connectivity index is 1.79. The smallest absolute Gasteiger partial charge is 0.209 e. The maximum atomic E-state index is 12.9. The van der Waals surface area contributed by atoms with Crippen molar-refractivity contribution in [3.63, 3.8) is 0 Å². The molecule has 1 fully saturated rings. The number of carbonyl (C=O) groups is 1. The quantitative estimate of drug-likeness (QED) is 0.477. The Bertz CT molecular complexity index is 1300. The lowest BCUT2D eigenvalue weighted by Crippen LogP contribution is -2.49. The highest BCUT2D eigenvalue weighted by Crippen LogP contribution is 2.36. The lowest BCUT2D eigenvalue weighted by molar-refractivity contribution is 0.0860. The molecule has 1 aliphatic heterocycles. The van der Waals surface area contributed by atoms with Crippen molar-refractivity contribution in [3.05, 3.63) is 47.8 Å². The number of Topliss-reactive ketones (excluding diaryl/α,β-unsaturated/α-hetero) is 1. The summed E-state index contributed by atoms with van der Waals surface area (Å²) in [4.78, 5) is 25.2. The van der Waals surface area contributed by atoms with E-state index in [0.717, 1.165) is 30.6 Å². The number of benzene rings is 1. The number of hydrogen-bond donors (Lipinski definition) is 3. The van der Waals surface area contributed by atoms with Crippen LogP contribution < -0.4 is 10.0 Å². The number of fused-ring (bicyclic) bond motifs is 1. The maximum absolute atomic E-state index is 12.9. The average Bonchev–Trinajstić information content (AvgIpc) is 3.41. The van der Waals surface area contributed by atoms with Gasteiger partial charge in [0.25, 0.3) is 0 Å². The van der Waals surface area contributed by atoms with Gasteiger partial charge in [-0.25, -0.2) is 23.1 Å². The highest BCUT2D eigenvalue weighted by atomic mass is 32.2. The molecule has 2 atom stereocenters. The topological polar surface area (TPSA) is 117 Å². The first-order valence-corrected chi connectivity index (χ1v) is 13.0. The number of sulfonamides is 1. The standard InChI is InChI=1S/C24H31N5O3S/c1-23(2,3)21(30)18-13-26-22-20(18)28-19(14-27-22)15-7-6-8-16(11-15)24(4,29-33(5,31)32)17-9-10-25-12-17/h6-8,11,13-14,17,25,29H,9-10,12H2,1-5H3,(H,26,27). The van der Waals surface area contributed by atoms with E-state index in [2.05, 4.69) is 20.0 Å². The van der Waals surface area contributed by atoms with Crippen LogP contribution in [0.5, 0.6) is 0 Å². The number of ketones is 1. The number of nitrogens with zero attached hydrogens (tertiary/aromatic N) is 2. The van der Waals surface area contributed by atoms with E-state index in [4.69, 9.17) is 4.98 Å². The van der Waals surface area contributed by atoms with Crippen molar-refractivity contribution in [1.82, 2.24) is 25.0 Å². The first-order chi connectivity index (χ1) is 15.4. The fraction of sp³-hybridized carbons (Fsp3) is 0.458. The van der Waals surface area contributed by atoms with Crippen LogP contribution in [0.4, 0.5) is 0 Å². The molecule has 3 heterocycles. The molecule has 2 aromatic heterocycles. The highest BCUT2D eigenvalue weighted by molar-refractivity contribution is 7.88. The summed E-state index contributed by atoms with van der Waals surface area (Å²) in [6, 6.07) is 7.73. The zero-order valence-corrected chi connectivity index (χ0v) is 20.5. The summed E-state index contributed by atoms with van der Waals surface area (Å²) >= 11 is 0. The number of rotatable bonds is 6. The van der Waals surface area contributed by atoms with E-state index in [-0.39, 0.29) is 11.7 Å². The van der Waals surface area contributed by atoms with Gasteiger partial charge in [0.15, 0.2) is 11.4 Å². The molecule has 0 saturated carbocycles. The van der Waals surface area contributed by atoms with Crippen molar-refractivity contribution in [1.29, 1.82) is 0 Å². The number of aromatic nitrogens is 3. The van der Waals surface area contributed by atoms with E-state index in [0.29, 0.717) is 22.4 Å². The number of carbonyl (C=O) groups excluding carboxylic acids is 1. The second-order valence-corrected chi connectivity index (χ2v) is 11.8. The summed E-state index contributed by atoms with van der Waals surface area (Å²) in [6.45, 7) is 9.15. The predicted molar refractivity (Wildman–Crippen MR) is 129 cm³/mol. The van der Waals surface area contributed by atoms with Gasteiger partial charge in [-0.3, -0.25) is 4.79 Å². The van der Waals surface area contributed by atoms with Gasteiger partial charge < -0.3 is 10.3 Å². The lowest BCUT2D eigenvalue weighted by atomic mass is 9.79. The molecule has 33 heavy (non-hydrogen) atoms. The minimum atomic E-state index is -3.44. The van der Waals surface area contributed by atoms with E-state index in [1.54, 1.807) is 12.4 Å². The third-order valence-electron chi connectivity index (χ3n) is 6.34. The van der Waals surface area contributed by atoms with Crippen molar-refractivity contribution in [2.24, 2.45) is 11.3 Å². The Morgan fingerprint density at radius 1 is 1.21 bits per heavy atom. The van der Waals surface area contributed by atoms with Gasteiger partial charge in [-0.05, 0) is 37.4 Å². The molecule has 176 valence electrons. The number of aromatic amines is 1. The van der Waals surface area contributed by atoms with E-state index < -0.39 is 21.0 Å². The van der Waals surface area contributed by atoms with Gasteiger partial charge in [0.05, 0.1) is 29.2 Å². The first-order valence-electron chi connectivity index (χ1n) is 11.1. The monoisotopic (exact) mass is 469 g/mol. The van der Waals surface area contributed by atoms with Crippen molar-refractivity contribution in [2.45, 2.75) is 39.7 Å². The van der Waals surface area contributed by atoms with Gasteiger partial charge in [-0.1, -0.05) is 39.0 Å². The van der Waals surface area contributed by atoms with Crippen molar-refractivity contribution >= 4 is 27.0 Å². The third kappa shape index (κ3) is 4.71. The Morgan fingerprint density at radius 2 is 1.97 bits per heavy atom. The fourth-order valence-electron chi connectivity index (χ4n) is 4.52. The van der Waals surface area contributed by atoms with Gasteiger partial charge in [-0.15, -0.1) is 0 Å². The molecular formula is C24H31N5O3S. The molecule has 0 bridgehead atoms. The fourth-order valence-corrected chi connectivity index (χ4v) is 5.57. The Morgan fingerprint density at radius 3 is 2.61 bits per heavy atom. The number of H-pyrrole nitrogens is 1. The number of hydrogen-bond acceptors (Lipinski definition) is 6. The van der Waals surface area contributed by atoms with E-state index in [9.17, 15) is 13.2 Å². The molecule has 0 amide bonds. The third-order valence-corrected chi connectivity index (χ3v) is 7.13. The molecular weight excluding hydrogens is 438 g/mol. The van der Waals surface area contributed by atoms with Gasteiger partial charge in [0, 0.05) is 23.7 Å². The molecule has 0 aliphatic carbocycles. The van der Waals surface area contributed by atoms with Crippen LogP contribution in [0.1, 0.15) is 50.0 Å². The predicted octanol–water partition coefficient (Wildman–Crippen LogP) is 3.23.